The van der Waals surface area contributed by atoms with E-state index >= 15 is 0 Å². The second-order valence-electron chi connectivity index (χ2n) is 4.99. The Morgan fingerprint density at radius 1 is 1.43 bits per heavy atom. The Bertz CT molecular complexity index is 520. The number of amides is 1. The van der Waals surface area contributed by atoms with E-state index in [1.54, 1.807) is 12.1 Å². The lowest BCUT2D eigenvalue weighted by Gasteiger charge is -2.21. The van der Waals surface area contributed by atoms with Crippen LogP contribution < -0.4 is 4.74 Å². The Balaban J connectivity index is 1.73. The van der Waals surface area contributed by atoms with Gasteiger partial charge in [-0.15, -0.1) is 0 Å². The van der Waals surface area contributed by atoms with E-state index in [9.17, 15) is 14.0 Å². The number of ether oxygens (including phenoxy) is 1. The van der Waals surface area contributed by atoms with Crippen LogP contribution in [0.5, 0.6) is 5.75 Å². The number of nitrogens with zero attached hydrogens (tertiary/aromatic N) is 1. The van der Waals surface area contributed by atoms with Crippen LogP contribution in [0.1, 0.15) is 25.7 Å². The number of likely N-dealkylation sites (tertiary alicyclic amines) is 1. The highest BCUT2D eigenvalue weighted by molar-refractivity contribution is 5.84. The minimum Gasteiger partial charge on any atom is -0.493 e. The van der Waals surface area contributed by atoms with E-state index in [2.05, 4.69) is 0 Å². The van der Waals surface area contributed by atoms with Crippen molar-refractivity contribution in [3.8, 4) is 5.75 Å². The molecule has 2 rings (SSSR count). The maximum absolute atomic E-state index is 12.9. The van der Waals surface area contributed by atoms with E-state index in [4.69, 9.17) is 9.84 Å². The Hall–Kier alpha value is -2.11. The van der Waals surface area contributed by atoms with Crippen molar-refractivity contribution in [3.63, 3.8) is 0 Å². The molecule has 1 heterocycles. The Morgan fingerprint density at radius 3 is 2.95 bits per heavy atom. The molecule has 0 radical (unpaired) electrons. The lowest BCUT2D eigenvalue weighted by atomic mass is 10.2. The maximum atomic E-state index is 12.9. The van der Waals surface area contributed by atoms with Gasteiger partial charge < -0.3 is 14.7 Å². The third kappa shape index (κ3) is 4.18. The van der Waals surface area contributed by atoms with Gasteiger partial charge in [-0.05, 0) is 31.4 Å². The fraction of sp³-hybridized carbons (Fsp3) is 0.467. The van der Waals surface area contributed by atoms with E-state index in [1.165, 1.54) is 17.0 Å². The van der Waals surface area contributed by atoms with Crippen LogP contribution in [0, 0.1) is 5.82 Å². The summed E-state index contributed by atoms with van der Waals surface area (Å²) in [6.07, 6.45) is 1.95. The van der Waals surface area contributed by atoms with Crippen LogP contribution >= 0.6 is 0 Å². The van der Waals surface area contributed by atoms with Gasteiger partial charge in [0.15, 0.2) is 0 Å². The molecule has 0 saturated carbocycles. The summed E-state index contributed by atoms with van der Waals surface area (Å²) in [5.74, 6) is -1.06. The highest BCUT2D eigenvalue weighted by Gasteiger charge is 2.33. The first-order chi connectivity index (χ1) is 10.1. The van der Waals surface area contributed by atoms with Crippen molar-refractivity contribution in [2.75, 3.05) is 13.2 Å². The smallest absolute Gasteiger partial charge is 0.326 e. The van der Waals surface area contributed by atoms with E-state index in [-0.39, 0.29) is 18.1 Å². The summed E-state index contributed by atoms with van der Waals surface area (Å²) >= 11 is 0. The molecule has 21 heavy (non-hydrogen) atoms. The number of carbonyl (C=O) groups is 2. The van der Waals surface area contributed by atoms with E-state index in [0.29, 0.717) is 31.7 Å². The number of carboxylic acids is 1. The van der Waals surface area contributed by atoms with Gasteiger partial charge in [-0.3, -0.25) is 4.79 Å². The average molecular weight is 295 g/mol. The molecule has 6 heteroatoms. The van der Waals surface area contributed by atoms with Gasteiger partial charge in [0.2, 0.25) is 5.91 Å². The second kappa shape index (κ2) is 7.06. The monoisotopic (exact) mass is 295 g/mol. The van der Waals surface area contributed by atoms with Gasteiger partial charge in [-0.25, -0.2) is 9.18 Å². The molecule has 5 nitrogen and oxygen atoms in total. The third-order valence-corrected chi connectivity index (χ3v) is 3.46. The zero-order valence-corrected chi connectivity index (χ0v) is 11.6. The highest BCUT2D eigenvalue weighted by atomic mass is 19.1. The molecule has 1 aliphatic rings. The largest absolute Gasteiger partial charge is 0.493 e. The number of carbonyl (C=O) groups excluding carboxylic acids is 1. The number of hydrogen-bond acceptors (Lipinski definition) is 3. The van der Waals surface area contributed by atoms with Crippen LogP contribution in [-0.2, 0) is 9.59 Å². The molecule has 1 aromatic carbocycles. The van der Waals surface area contributed by atoms with Crippen molar-refractivity contribution in [3.05, 3.63) is 30.1 Å². The molecule has 1 fully saturated rings. The molecule has 0 spiro atoms. The third-order valence-electron chi connectivity index (χ3n) is 3.46. The number of carboxylic acid groups (broad SMARTS) is 1. The molecule has 1 aromatic rings. The van der Waals surface area contributed by atoms with Gasteiger partial charge in [0.05, 0.1) is 6.61 Å². The predicted octanol–water partition coefficient (Wildman–Crippen LogP) is 2.06. The standard InChI is InChI=1S/C15H18FNO4/c16-11-4-1-5-12(10-11)21-9-3-7-14(18)17-8-2-6-13(17)15(19)20/h1,4-5,10,13H,2-3,6-9H2,(H,19,20)/t13-/m1/s1. The minimum atomic E-state index is -0.947. The zero-order chi connectivity index (χ0) is 15.2. The molecule has 1 atom stereocenters. The quantitative estimate of drug-likeness (QED) is 0.816. The van der Waals surface area contributed by atoms with E-state index < -0.39 is 12.0 Å². The summed E-state index contributed by atoms with van der Waals surface area (Å²) in [4.78, 5) is 24.4. The molecule has 1 N–H and O–H groups in total. The van der Waals surface area contributed by atoms with Crippen LogP contribution in [0.4, 0.5) is 4.39 Å². The maximum Gasteiger partial charge on any atom is 0.326 e. The average Bonchev–Trinajstić information content (AvgIpc) is 2.93. The summed E-state index contributed by atoms with van der Waals surface area (Å²) < 4.78 is 18.3. The molecule has 1 saturated heterocycles. The van der Waals surface area contributed by atoms with Crippen molar-refractivity contribution in [2.45, 2.75) is 31.7 Å². The zero-order valence-electron chi connectivity index (χ0n) is 11.6. The first kappa shape index (κ1) is 15.3. The first-order valence-electron chi connectivity index (χ1n) is 6.98. The van der Waals surface area contributed by atoms with Crippen molar-refractivity contribution in [1.29, 1.82) is 0 Å². The topological polar surface area (TPSA) is 66.8 Å². The van der Waals surface area contributed by atoms with Gasteiger partial charge in [-0.1, -0.05) is 6.07 Å². The van der Waals surface area contributed by atoms with Crippen LogP contribution in [0.2, 0.25) is 0 Å². The van der Waals surface area contributed by atoms with Gasteiger partial charge in [0.25, 0.3) is 0 Å². The van der Waals surface area contributed by atoms with E-state index in [0.717, 1.165) is 6.42 Å². The molecule has 1 aliphatic heterocycles. The lowest BCUT2D eigenvalue weighted by molar-refractivity contribution is -0.148. The summed E-state index contributed by atoms with van der Waals surface area (Å²) in [7, 11) is 0. The fourth-order valence-electron chi connectivity index (χ4n) is 2.44. The molecule has 0 aliphatic carbocycles. The second-order valence-corrected chi connectivity index (χ2v) is 4.99. The molecule has 114 valence electrons. The number of rotatable bonds is 6. The fourth-order valence-corrected chi connectivity index (χ4v) is 2.44. The summed E-state index contributed by atoms with van der Waals surface area (Å²) in [6.45, 7) is 0.793. The molecular weight excluding hydrogens is 277 g/mol. The van der Waals surface area contributed by atoms with Crippen molar-refractivity contribution >= 4 is 11.9 Å². The molecule has 0 unspecified atom stereocenters. The van der Waals surface area contributed by atoms with Gasteiger partial charge >= 0.3 is 5.97 Å². The normalized spacial score (nSPS) is 17.8. The van der Waals surface area contributed by atoms with Crippen molar-refractivity contribution < 1.29 is 23.8 Å². The summed E-state index contributed by atoms with van der Waals surface area (Å²) in [6, 6.07) is 5.11. The van der Waals surface area contributed by atoms with Gasteiger partial charge in [-0.2, -0.15) is 0 Å². The lowest BCUT2D eigenvalue weighted by Crippen LogP contribution is -2.40. The minimum absolute atomic E-state index is 0.164. The van der Waals surface area contributed by atoms with Crippen LogP contribution in [-0.4, -0.2) is 41.1 Å². The summed E-state index contributed by atoms with van der Waals surface area (Å²) in [5, 5.41) is 9.02. The van der Waals surface area contributed by atoms with Crippen LogP contribution in [0.15, 0.2) is 24.3 Å². The molecular formula is C15H18FNO4. The molecule has 1 amide bonds. The SMILES string of the molecule is O=C(O)[C@H]1CCCN1C(=O)CCCOc1cccc(F)c1. The number of aliphatic carboxylic acids is 1. The Kier molecular flexibility index (Phi) is 5.14. The molecule has 0 aromatic heterocycles. The van der Waals surface area contributed by atoms with Gasteiger partial charge in [0.1, 0.15) is 17.6 Å². The Morgan fingerprint density at radius 2 is 2.24 bits per heavy atom. The summed E-state index contributed by atoms with van der Waals surface area (Å²) in [5.41, 5.74) is 0. The highest BCUT2D eigenvalue weighted by Crippen LogP contribution is 2.19. The number of halogens is 1. The van der Waals surface area contributed by atoms with Crippen molar-refractivity contribution in [1.82, 2.24) is 4.90 Å². The van der Waals surface area contributed by atoms with Crippen LogP contribution in [0.25, 0.3) is 0 Å². The van der Waals surface area contributed by atoms with Crippen molar-refractivity contribution in [2.24, 2.45) is 0 Å². The Labute approximate surface area is 122 Å². The van der Waals surface area contributed by atoms with Crippen LogP contribution in [0.3, 0.4) is 0 Å². The van der Waals surface area contributed by atoms with E-state index in [1.807, 2.05) is 0 Å². The molecule has 0 bridgehead atoms. The predicted molar refractivity (Wildman–Crippen MR) is 73.5 cm³/mol. The number of benzene rings is 1. The first-order valence-corrected chi connectivity index (χ1v) is 6.98. The number of hydrogen-bond donors (Lipinski definition) is 1. The van der Waals surface area contributed by atoms with Gasteiger partial charge in [0, 0.05) is 19.0 Å².